The summed E-state index contributed by atoms with van der Waals surface area (Å²) in [4.78, 5) is 5.05. The third-order valence-electron chi connectivity index (χ3n) is 5.34. The second kappa shape index (κ2) is 11.3. The molecule has 1 saturated carbocycles. The predicted octanol–water partition coefficient (Wildman–Crippen LogP) is 3.48. The maximum atomic E-state index is 12.7. The van der Waals surface area contributed by atoms with Crippen LogP contribution in [0.2, 0.25) is 0 Å². The van der Waals surface area contributed by atoms with Crippen molar-refractivity contribution in [3.05, 3.63) is 29.8 Å². The molecule has 2 N–H and O–H groups in total. The van der Waals surface area contributed by atoms with Crippen LogP contribution in [0.3, 0.4) is 0 Å². The molecule has 1 aliphatic carbocycles. The SMILES string of the molecule is CCNC(=NCc1ccc(S(=O)(=O)N2CCCCC2)cc1)NC1CCCC1.I. The number of nitrogens with one attached hydrogen (secondary N) is 2. The molecule has 8 heteroatoms. The molecule has 3 rings (SSSR count). The summed E-state index contributed by atoms with van der Waals surface area (Å²) in [5, 5.41) is 6.80. The van der Waals surface area contributed by atoms with Gasteiger partial charge >= 0.3 is 0 Å². The summed E-state index contributed by atoms with van der Waals surface area (Å²) in [7, 11) is -3.36. The van der Waals surface area contributed by atoms with Gasteiger partial charge in [-0.1, -0.05) is 31.4 Å². The third kappa shape index (κ3) is 6.32. The smallest absolute Gasteiger partial charge is 0.243 e. The lowest BCUT2D eigenvalue weighted by Gasteiger charge is -2.25. The molecule has 0 bridgehead atoms. The van der Waals surface area contributed by atoms with E-state index in [1.54, 1.807) is 16.4 Å². The van der Waals surface area contributed by atoms with Gasteiger partial charge in [-0.05, 0) is 50.3 Å². The molecule has 0 aromatic heterocycles. The highest BCUT2D eigenvalue weighted by Gasteiger charge is 2.25. The first-order chi connectivity index (χ1) is 13.1. The Labute approximate surface area is 186 Å². The van der Waals surface area contributed by atoms with Crippen molar-refractivity contribution in [2.75, 3.05) is 19.6 Å². The first-order valence-electron chi connectivity index (χ1n) is 10.2. The number of hydrogen-bond acceptors (Lipinski definition) is 3. The molecule has 0 radical (unpaired) electrons. The largest absolute Gasteiger partial charge is 0.357 e. The van der Waals surface area contributed by atoms with Crippen LogP contribution in [0.15, 0.2) is 34.2 Å². The highest BCUT2D eigenvalue weighted by atomic mass is 127. The average Bonchev–Trinajstić information content (AvgIpc) is 3.20. The number of benzene rings is 1. The van der Waals surface area contributed by atoms with Crippen molar-refractivity contribution < 1.29 is 8.42 Å². The van der Waals surface area contributed by atoms with E-state index >= 15 is 0 Å². The lowest BCUT2D eigenvalue weighted by molar-refractivity contribution is 0.346. The third-order valence-corrected chi connectivity index (χ3v) is 7.25. The van der Waals surface area contributed by atoms with Gasteiger partial charge in [-0.2, -0.15) is 4.31 Å². The fourth-order valence-electron chi connectivity index (χ4n) is 3.78. The van der Waals surface area contributed by atoms with Crippen LogP contribution in [-0.2, 0) is 16.6 Å². The van der Waals surface area contributed by atoms with E-state index in [9.17, 15) is 8.42 Å². The second-order valence-electron chi connectivity index (χ2n) is 7.43. The molecule has 28 heavy (non-hydrogen) atoms. The zero-order valence-electron chi connectivity index (χ0n) is 16.7. The van der Waals surface area contributed by atoms with Crippen LogP contribution in [0.5, 0.6) is 0 Å². The molecule has 1 heterocycles. The molecular formula is C20H33IN4O2S. The van der Waals surface area contributed by atoms with Crippen LogP contribution < -0.4 is 10.6 Å². The van der Waals surface area contributed by atoms with Crippen LogP contribution >= 0.6 is 24.0 Å². The number of guanidine groups is 1. The van der Waals surface area contributed by atoms with Crippen molar-refractivity contribution in [3.63, 3.8) is 0 Å². The highest BCUT2D eigenvalue weighted by Crippen LogP contribution is 2.21. The zero-order chi connectivity index (χ0) is 19.1. The molecule has 6 nitrogen and oxygen atoms in total. The summed E-state index contributed by atoms with van der Waals surface area (Å²) < 4.78 is 27.1. The van der Waals surface area contributed by atoms with Gasteiger partial charge in [-0.3, -0.25) is 0 Å². The summed E-state index contributed by atoms with van der Waals surface area (Å²) >= 11 is 0. The number of nitrogens with zero attached hydrogens (tertiary/aromatic N) is 2. The van der Waals surface area contributed by atoms with Crippen molar-refractivity contribution in [2.24, 2.45) is 4.99 Å². The van der Waals surface area contributed by atoms with Crippen LogP contribution in [0.4, 0.5) is 0 Å². The number of rotatable bonds is 6. The Hall–Kier alpha value is -0.870. The van der Waals surface area contributed by atoms with E-state index in [0.717, 1.165) is 37.3 Å². The normalized spacial score (nSPS) is 19.2. The van der Waals surface area contributed by atoms with Gasteiger partial charge in [0.15, 0.2) is 5.96 Å². The topological polar surface area (TPSA) is 73.8 Å². The van der Waals surface area contributed by atoms with Crippen molar-refractivity contribution in [3.8, 4) is 0 Å². The molecule has 2 aliphatic rings. The van der Waals surface area contributed by atoms with Crippen LogP contribution in [-0.4, -0.2) is 44.4 Å². The molecule has 1 aromatic rings. The summed E-state index contributed by atoms with van der Waals surface area (Å²) in [5.74, 6) is 0.842. The maximum Gasteiger partial charge on any atom is 0.243 e. The van der Waals surface area contributed by atoms with Gasteiger partial charge in [-0.15, -0.1) is 24.0 Å². The van der Waals surface area contributed by atoms with Crippen molar-refractivity contribution in [1.29, 1.82) is 0 Å². The Kier molecular flexibility index (Phi) is 9.49. The van der Waals surface area contributed by atoms with E-state index in [1.807, 2.05) is 12.1 Å². The summed E-state index contributed by atoms with van der Waals surface area (Å²) in [6, 6.07) is 7.69. The fourth-order valence-corrected chi connectivity index (χ4v) is 5.29. The molecular weight excluding hydrogens is 487 g/mol. The van der Waals surface area contributed by atoms with Gasteiger partial charge < -0.3 is 10.6 Å². The Morgan fingerprint density at radius 3 is 2.32 bits per heavy atom. The molecule has 0 spiro atoms. The van der Waals surface area contributed by atoms with Gasteiger partial charge in [0.25, 0.3) is 0 Å². The first kappa shape index (κ1) is 23.4. The van der Waals surface area contributed by atoms with Crippen molar-refractivity contribution in [1.82, 2.24) is 14.9 Å². The first-order valence-corrected chi connectivity index (χ1v) is 11.7. The monoisotopic (exact) mass is 520 g/mol. The number of halogens is 1. The van der Waals surface area contributed by atoms with E-state index < -0.39 is 10.0 Å². The second-order valence-corrected chi connectivity index (χ2v) is 9.37. The van der Waals surface area contributed by atoms with Gasteiger partial charge in [0.05, 0.1) is 11.4 Å². The predicted molar refractivity (Wildman–Crippen MR) is 125 cm³/mol. The van der Waals surface area contributed by atoms with E-state index in [2.05, 4.69) is 22.5 Å². The van der Waals surface area contributed by atoms with Gasteiger partial charge in [0, 0.05) is 25.7 Å². The molecule has 1 saturated heterocycles. The van der Waals surface area contributed by atoms with Crippen LogP contribution in [0, 0.1) is 0 Å². The number of piperidine rings is 1. The Morgan fingerprint density at radius 1 is 1.07 bits per heavy atom. The molecule has 1 aromatic carbocycles. The lowest BCUT2D eigenvalue weighted by Crippen LogP contribution is -2.42. The number of aliphatic imine (C=N–C) groups is 1. The summed E-state index contributed by atoms with van der Waals surface area (Å²) in [6.07, 6.45) is 7.99. The van der Waals surface area contributed by atoms with Crippen LogP contribution in [0.1, 0.15) is 57.4 Å². The molecule has 2 fully saturated rings. The van der Waals surface area contributed by atoms with Crippen LogP contribution in [0.25, 0.3) is 0 Å². The van der Waals surface area contributed by atoms with E-state index in [4.69, 9.17) is 0 Å². The Balaban J connectivity index is 0.00000280. The Bertz CT molecular complexity index is 725. The highest BCUT2D eigenvalue weighted by molar-refractivity contribution is 14.0. The molecule has 0 unspecified atom stereocenters. The van der Waals surface area contributed by atoms with E-state index in [0.29, 0.717) is 30.6 Å². The number of hydrogen-bond donors (Lipinski definition) is 2. The summed E-state index contributed by atoms with van der Waals surface area (Å²) in [5.41, 5.74) is 1.01. The molecule has 158 valence electrons. The average molecular weight is 520 g/mol. The minimum Gasteiger partial charge on any atom is -0.357 e. The van der Waals surface area contributed by atoms with Crippen molar-refractivity contribution >= 4 is 40.0 Å². The van der Waals surface area contributed by atoms with E-state index in [1.165, 1.54) is 25.7 Å². The minimum absolute atomic E-state index is 0. The molecule has 0 atom stereocenters. The Morgan fingerprint density at radius 2 is 1.71 bits per heavy atom. The zero-order valence-corrected chi connectivity index (χ0v) is 19.8. The van der Waals surface area contributed by atoms with Gasteiger partial charge in [0.2, 0.25) is 10.0 Å². The molecule has 0 amide bonds. The minimum atomic E-state index is -3.36. The van der Waals surface area contributed by atoms with Gasteiger partial charge in [0.1, 0.15) is 0 Å². The standard InChI is InChI=1S/C20H32N4O2S.HI/c1-2-21-20(23-18-8-4-5-9-18)22-16-17-10-12-19(13-11-17)27(25,26)24-14-6-3-7-15-24;/h10-13,18H,2-9,14-16H2,1H3,(H2,21,22,23);1H. The van der Waals surface area contributed by atoms with Gasteiger partial charge in [-0.25, -0.2) is 13.4 Å². The number of sulfonamides is 1. The molecule has 1 aliphatic heterocycles. The fraction of sp³-hybridized carbons (Fsp3) is 0.650. The lowest BCUT2D eigenvalue weighted by atomic mass is 10.2. The van der Waals surface area contributed by atoms with E-state index in [-0.39, 0.29) is 24.0 Å². The maximum absolute atomic E-state index is 12.7. The summed E-state index contributed by atoms with van der Waals surface area (Å²) in [6.45, 7) is 4.68. The van der Waals surface area contributed by atoms with Crippen molar-refractivity contribution in [2.45, 2.75) is 69.4 Å². The quantitative estimate of drug-likeness (QED) is 0.342.